The molecule has 8 nitrogen and oxygen atoms in total. The number of aromatic nitrogens is 2. The second-order valence-electron chi connectivity index (χ2n) is 6.34. The minimum atomic E-state index is -3.89. The number of hydrogen-bond donors (Lipinski definition) is 2. The molecule has 1 unspecified atom stereocenters. The van der Waals surface area contributed by atoms with Crippen LogP contribution in [0.3, 0.4) is 0 Å². The summed E-state index contributed by atoms with van der Waals surface area (Å²) in [5, 5.41) is 10.1. The normalized spacial score (nSPS) is 12.3. The molecule has 0 saturated heterocycles. The van der Waals surface area contributed by atoms with Crippen molar-refractivity contribution in [3.8, 4) is 5.75 Å². The number of benzene rings is 2. The van der Waals surface area contributed by atoms with Gasteiger partial charge in [0, 0.05) is 5.56 Å². The van der Waals surface area contributed by atoms with Crippen molar-refractivity contribution in [2.45, 2.75) is 24.2 Å². The predicted octanol–water partition coefficient (Wildman–Crippen LogP) is 2.84. The Balaban J connectivity index is 1.60. The lowest BCUT2D eigenvalue weighted by Crippen LogP contribution is -2.36. The number of para-hydroxylation sites is 1. The van der Waals surface area contributed by atoms with E-state index in [1.54, 1.807) is 37.3 Å². The fraction of sp³-hybridized carbons (Fsp3) is 0.211. The second-order valence-corrected chi connectivity index (χ2v) is 9.21. The Morgan fingerprint density at radius 3 is 2.62 bits per heavy atom. The highest BCUT2D eigenvalue weighted by atomic mass is 32.2. The van der Waals surface area contributed by atoms with Gasteiger partial charge in [-0.3, -0.25) is 10.1 Å². The van der Waals surface area contributed by atoms with Gasteiger partial charge in [0.25, 0.3) is 15.9 Å². The van der Waals surface area contributed by atoms with Crippen LogP contribution in [0.15, 0.2) is 58.9 Å². The lowest BCUT2D eigenvalue weighted by atomic mass is 10.1. The number of rotatable bonds is 8. The Morgan fingerprint density at radius 2 is 1.90 bits per heavy atom. The molecule has 0 spiro atoms. The summed E-state index contributed by atoms with van der Waals surface area (Å²) in [4.78, 5) is 12.3. The number of amides is 1. The average molecular weight is 433 g/mol. The zero-order chi connectivity index (χ0) is 20.9. The van der Waals surface area contributed by atoms with Gasteiger partial charge in [-0.15, -0.1) is 10.2 Å². The fourth-order valence-corrected chi connectivity index (χ4v) is 4.55. The summed E-state index contributed by atoms with van der Waals surface area (Å²) >= 11 is 0.778. The SMILES string of the molecule is Cc1cccc(C(=O)Nc2nnc(S(=O)(=O)NC(C)COc3ccccc3)s2)c1. The fourth-order valence-electron chi connectivity index (χ4n) is 2.41. The Kier molecular flexibility index (Phi) is 6.57. The van der Waals surface area contributed by atoms with Crippen molar-refractivity contribution < 1.29 is 17.9 Å². The van der Waals surface area contributed by atoms with Gasteiger partial charge in [0.1, 0.15) is 12.4 Å². The molecule has 0 aliphatic heterocycles. The molecule has 2 aromatic carbocycles. The van der Waals surface area contributed by atoms with Gasteiger partial charge >= 0.3 is 0 Å². The number of aryl methyl sites for hydroxylation is 1. The first kappa shape index (κ1) is 20.9. The van der Waals surface area contributed by atoms with E-state index in [4.69, 9.17) is 4.74 Å². The van der Waals surface area contributed by atoms with Crippen LogP contribution in [0.25, 0.3) is 0 Å². The summed E-state index contributed by atoms with van der Waals surface area (Å²) < 4.78 is 32.8. The van der Waals surface area contributed by atoms with Crippen LogP contribution in [0.2, 0.25) is 0 Å². The quantitative estimate of drug-likeness (QED) is 0.530. The molecular weight excluding hydrogens is 412 g/mol. The summed E-state index contributed by atoms with van der Waals surface area (Å²) in [6.07, 6.45) is 0. The second kappa shape index (κ2) is 9.12. The maximum atomic E-state index is 12.5. The number of sulfonamides is 1. The molecule has 1 heterocycles. The Hall–Kier alpha value is -2.82. The number of carbonyl (C=O) groups excluding carboxylic acids is 1. The molecule has 0 radical (unpaired) electrons. The number of ether oxygens (including phenoxy) is 1. The third kappa shape index (κ3) is 5.83. The van der Waals surface area contributed by atoms with Crippen LogP contribution < -0.4 is 14.8 Å². The van der Waals surface area contributed by atoms with Crippen molar-refractivity contribution in [1.82, 2.24) is 14.9 Å². The van der Waals surface area contributed by atoms with Crippen molar-refractivity contribution in [3.63, 3.8) is 0 Å². The van der Waals surface area contributed by atoms with E-state index in [1.165, 1.54) is 0 Å². The standard InChI is InChI=1S/C19H20N4O4S2/c1-13-7-6-8-15(11-13)17(24)20-18-21-22-19(28-18)29(25,26)23-14(2)12-27-16-9-4-3-5-10-16/h3-11,14,23H,12H2,1-2H3,(H,20,21,24). The molecule has 0 saturated carbocycles. The number of hydrogen-bond acceptors (Lipinski definition) is 7. The van der Waals surface area contributed by atoms with E-state index in [1.807, 2.05) is 31.2 Å². The highest BCUT2D eigenvalue weighted by molar-refractivity contribution is 7.91. The summed E-state index contributed by atoms with van der Waals surface area (Å²) in [7, 11) is -3.89. The molecule has 0 aliphatic carbocycles. The Labute approximate surface area is 173 Å². The molecule has 10 heteroatoms. The molecule has 29 heavy (non-hydrogen) atoms. The van der Waals surface area contributed by atoms with Crippen molar-refractivity contribution in [1.29, 1.82) is 0 Å². The number of carbonyl (C=O) groups is 1. The molecule has 0 fully saturated rings. The van der Waals surface area contributed by atoms with E-state index in [0.29, 0.717) is 11.3 Å². The molecule has 3 rings (SSSR count). The third-order valence-corrected chi connectivity index (χ3v) is 6.53. The topological polar surface area (TPSA) is 110 Å². The minimum absolute atomic E-state index is 0.102. The van der Waals surface area contributed by atoms with Gasteiger partial charge in [-0.25, -0.2) is 13.1 Å². The minimum Gasteiger partial charge on any atom is -0.492 e. The van der Waals surface area contributed by atoms with Crippen LogP contribution in [0.1, 0.15) is 22.8 Å². The zero-order valence-corrected chi connectivity index (χ0v) is 17.5. The molecule has 1 aromatic heterocycles. The summed E-state index contributed by atoms with van der Waals surface area (Å²) in [6.45, 7) is 3.71. The van der Waals surface area contributed by atoms with Crippen LogP contribution in [-0.2, 0) is 10.0 Å². The smallest absolute Gasteiger partial charge is 0.270 e. The van der Waals surface area contributed by atoms with E-state index in [0.717, 1.165) is 16.9 Å². The number of nitrogens with zero attached hydrogens (tertiary/aromatic N) is 2. The first-order chi connectivity index (χ1) is 13.8. The van der Waals surface area contributed by atoms with Gasteiger partial charge in [0.15, 0.2) is 0 Å². The lowest BCUT2D eigenvalue weighted by molar-refractivity contribution is 0.102. The van der Waals surface area contributed by atoms with Gasteiger partial charge in [0.2, 0.25) is 9.47 Å². The first-order valence-electron chi connectivity index (χ1n) is 8.75. The molecule has 152 valence electrons. The van der Waals surface area contributed by atoms with Crippen molar-refractivity contribution >= 4 is 32.4 Å². The molecule has 3 aromatic rings. The average Bonchev–Trinajstić information content (AvgIpc) is 3.16. The monoisotopic (exact) mass is 432 g/mol. The molecule has 0 aliphatic rings. The van der Waals surface area contributed by atoms with Gasteiger partial charge < -0.3 is 4.74 Å². The molecule has 1 amide bonds. The highest BCUT2D eigenvalue weighted by Gasteiger charge is 2.23. The van der Waals surface area contributed by atoms with Crippen molar-refractivity contribution in [2.24, 2.45) is 0 Å². The van der Waals surface area contributed by atoms with E-state index in [9.17, 15) is 13.2 Å². The van der Waals surface area contributed by atoms with E-state index in [2.05, 4.69) is 20.2 Å². The van der Waals surface area contributed by atoms with E-state index < -0.39 is 16.1 Å². The molecular formula is C19H20N4O4S2. The van der Waals surface area contributed by atoms with E-state index >= 15 is 0 Å². The van der Waals surface area contributed by atoms with Crippen LogP contribution in [0.5, 0.6) is 5.75 Å². The number of anilines is 1. The van der Waals surface area contributed by atoms with Crippen molar-refractivity contribution in [3.05, 3.63) is 65.7 Å². The largest absolute Gasteiger partial charge is 0.492 e. The van der Waals surface area contributed by atoms with Gasteiger partial charge in [-0.1, -0.05) is 47.2 Å². The summed E-state index contributed by atoms with van der Waals surface area (Å²) in [5.74, 6) is 0.266. The van der Waals surface area contributed by atoms with Crippen molar-refractivity contribution in [2.75, 3.05) is 11.9 Å². The highest BCUT2D eigenvalue weighted by Crippen LogP contribution is 2.21. The summed E-state index contributed by atoms with van der Waals surface area (Å²) in [6, 6.07) is 15.6. The zero-order valence-electron chi connectivity index (χ0n) is 15.8. The molecule has 1 atom stereocenters. The van der Waals surface area contributed by atoms with Gasteiger partial charge in [-0.2, -0.15) is 0 Å². The van der Waals surface area contributed by atoms with Crippen LogP contribution in [0, 0.1) is 6.92 Å². The maximum absolute atomic E-state index is 12.5. The molecule has 0 bridgehead atoms. The maximum Gasteiger partial charge on any atom is 0.270 e. The molecule has 2 N–H and O–H groups in total. The first-order valence-corrected chi connectivity index (χ1v) is 11.0. The van der Waals surface area contributed by atoms with Gasteiger partial charge in [-0.05, 0) is 38.1 Å². The van der Waals surface area contributed by atoms with Gasteiger partial charge in [0.05, 0.1) is 6.04 Å². The third-order valence-electron chi connectivity index (χ3n) is 3.74. The number of nitrogens with one attached hydrogen (secondary N) is 2. The van der Waals surface area contributed by atoms with E-state index in [-0.39, 0.29) is 22.0 Å². The lowest BCUT2D eigenvalue weighted by Gasteiger charge is -2.13. The van der Waals surface area contributed by atoms with Crippen LogP contribution in [0.4, 0.5) is 5.13 Å². The predicted molar refractivity (Wildman–Crippen MR) is 111 cm³/mol. The summed E-state index contributed by atoms with van der Waals surface area (Å²) in [5.41, 5.74) is 1.39. The Morgan fingerprint density at radius 1 is 1.14 bits per heavy atom. The van der Waals surface area contributed by atoms with Crippen LogP contribution >= 0.6 is 11.3 Å². The Bertz CT molecular complexity index is 1080. The van der Waals surface area contributed by atoms with Crippen LogP contribution in [-0.4, -0.2) is 37.2 Å².